The predicted molar refractivity (Wildman–Crippen MR) is 62.2 cm³/mol. The summed E-state index contributed by atoms with van der Waals surface area (Å²) in [5.74, 6) is 0. The Morgan fingerprint density at radius 2 is 1.92 bits per heavy atom. The van der Waals surface area contributed by atoms with Crippen LogP contribution in [0.25, 0.3) is 0 Å². The molecule has 0 aliphatic heterocycles. The molecule has 0 aromatic heterocycles. The minimum atomic E-state index is -0.957. The smallest absolute Gasteiger partial charge is 0.112 e. The molecule has 0 N–H and O–H groups in total. The van der Waals surface area contributed by atoms with Gasteiger partial charge in [0, 0.05) is 6.42 Å². The number of nitrogens with zero attached hydrogens (tertiary/aromatic N) is 1. The molecule has 0 aromatic rings. The lowest BCUT2D eigenvalue weighted by molar-refractivity contribution is -0.842. The van der Waals surface area contributed by atoms with E-state index in [2.05, 4.69) is 52.0 Å². The fraction of sp³-hybridized carbons (Fsp3) is 0.636. The molecule has 0 saturated carbocycles. The summed E-state index contributed by atoms with van der Waals surface area (Å²) in [6, 6.07) is 0. The van der Waals surface area contributed by atoms with Crippen LogP contribution in [0.3, 0.4) is 0 Å². The lowest BCUT2D eigenvalue weighted by atomic mass is 10.3. The van der Waals surface area contributed by atoms with Gasteiger partial charge in [0.05, 0.1) is 20.3 Å². The Hall–Kier alpha value is -0.343. The first-order valence-corrected chi connectivity index (χ1v) is 8.71. The summed E-state index contributed by atoms with van der Waals surface area (Å²) in [6.45, 7) is 7.32. The first-order chi connectivity index (χ1) is 5.81. The van der Waals surface area contributed by atoms with Crippen molar-refractivity contribution in [1.82, 2.24) is 0 Å². The second-order valence-corrected chi connectivity index (χ2v) is 11.1. The average molecular weight is 196 g/mol. The summed E-state index contributed by atoms with van der Waals surface area (Å²) in [4.78, 5) is 0. The van der Waals surface area contributed by atoms with Crippen molar-refractivity contribution in [2.45, 2.75) is 26.1 Å². The topological polar surface area (TPSA) is 0 Å². The molecule has 13 heavy (non-hydrogen) atoms. The molecule has 0 aromatic carbocycles. The van der Waals surface area contributed by atoms with Gasteiger partial charge < -0.3 is 4.48 Å². The van der Waals surface area contributed by atoms with Crippen LogP contribution in [-0.2, 0) is 0 Å². The molecule has 74 valence electrons. The van der Waals surface area contributed by atoms with Crippen molar-refractivity contribution in [3.63, 3.8) is 0 Å². The maximum atomic E-state index is 2.44. The highest BCUT2D eigenvalue weighted by Gasteiger charge is 2.29. The number of rotatable bonds is 3. The van der Waals surface area contributed by atoms with Crippen LogP contribution >= 0.6 is 0 Å². The molecule has 0 radical (unpaired) electrons. The number of quaternary nitrogens is 1. The second-order valence-electron chi connectivity index (χ2n) is 5.69. The van der Waals surface area contributed by atoms with E-state index in [0.717, 1.165) is 10.9 Å². The molecule has 0 fully saturated rings. The maximum Gasteiger partial charge on any atom is 0.112 e. The molecule has 2 heteroatoms. The monoisotopic (exact) mass is 196 g/mol. The summed E-state index contributed by atoms with van der Waals surface area (Å²) < 4.78 is 1.09. The van der Waals surface area contributed by atoms with Gasteiger partial charge >= 0.3 is 0 Å². The van der Waals surface area contributed by atoms with Gasteiger partial charge in [-0.2, -0.15) is 0 Å². The van der Waals surface area contributed by atoms with Crippen LogP contribution in [0.1, 0.15) is 6.42 Å². The van der Waals surface area contributed by atoms with Crippen LogP contribution < -0.4 is 0 Å². The van der Waals surface area contributed by atoms with E-state index in [1.54, 1.807) is 5.70 Å². The maximum absolute atomic E-state index is 2.44. The average Bonchev–Trinajstić information content (AvgIpc) is 2.29. The second kappa shape index (κ2) is 3.43. The van der Waals surface area contributed by atoms with Crippen LogP contribution in [0.15, 0.2) is 23.9 Å². The standard InChI is InChI=1S/C11H22NSi/c1-12(2,10-13(3,4)5)11-8-6-7-9-11/h6-8H,9-10H2,1-5H3/q+1. The zero-order valence-electron chi connectivity index (χ0n) is 9.59. The molecule has 1 aliphatic rings. The third-order valence-corrected chi connectivity index (χ3v) is 4.14. The summed E-state index contributed by atoms with van der Waals surface area (Å²) in [5.41, 5.74) is 1.56. The van der Waals surface area contributed by atoms with Crippen LogP contribution in [0.2, 0.25) is 19.6 Å². The number of hydrogen-bond donors (Lipinski definition) is 0. The van der Waals surface area contributed by atoms with Gasteiger partial charge in [-0.25, -0.2) is 0 Å². The van der Waals surface area contributed by atoms with Gasteiger partial charge in [-0.1, -0.05) is 31.8 Å². The van der Waals surface area contributed by atoms with E-state index in [-0.39, 0.29) is 0 Å². The summed E-state index contributed by atoms with van der Waals surface area (Å²) in [6.07, 6.45) is 9.19. The van der Waals surface area contributed by atoms with Crippen LogP contribution in [0.5, 0.6) is 0 Å². The van der Waals surface area contributed by atoms with Gasteiger partial charge in [0.25, 0.3) is 0 Å². The SMILES string of the molecule is C[N+](C)(C[Si](C)(C)C)C1=CC=CC1. The number of hydrogen-bond acceptors (Lipinski definition) is 0. The van der Waals surface area contributed by atoms with Crippen molar-refractivity contribution in [2.24, 2.45) is 0 Å². The minimum Gasteiger partial charge on any atom is -0.303 e. The Morgan fingerprint density at radius 1 is 1.31 bits per heavy atom. The molecule has 0 amide bonds. The Bertz CT molecular complexity index is 243. The van der Waals surface area contributed by atoms with Gasteiger partial charge in [-0.05, 0) is 6.08 Å². The molecule has 0 atom stereocenters. The van der Waals surface area contributed by atoms with Gasteiger partial charge in [-0.15, -0.1) is 0 Å². The molecule has 0 spiro atoms. The normalized spacial score (nSPS) is 17.8. The van der Waals surface area contributed by atoms with Crippen molar-refractivity contribution in [3.05, 3.63) is 23.9 Å². The van der Waals surface area contributed by atoms with Crippen molar-refractivity contribution < 1.29 is 4.48 Å². The molecule has 0 heterocycles. The third kappa shape index (κ3) is 3.12. The van der Waals surface area contributed by atoms with Crippen molar-refractivity contribution >= 4 is 8.07 Å². The summed E-state index contributed by atoms with van der Waals surface area (Å²) in [5, 5.41) is 0. The summed E-state index contributed by atoms with van der Waals surface area (Å²) in [7, 11) is 3.70. The molecular weight excluding hydrogens is 174 g/mol. The Morgan fingerprint density at radius 3 is 2.31 bits per heavy atom. The van der Waals surface area contributed by atoms with E-state index in [0.29, 0.717) is 0 Å². The molecule has 1 aliphatic carbocycles. The summed E-state index contributed by atoms with van der Waals surface area (Å²) >= 11 is 0. The fourth-order valence-electron chi connectivity index (χ4n) is 2.17. The Balaban J connectivity index is 2.66. The molecular formula is C11H22NSi+. The van der Waals surface area contributed by atoms with Crippen LogP contribution in [-0.4, -0.2) is 32.8 Å². The van der Waals surface area contributed by atoms with Gasteiger partial charge in [-0.3, -0.25) is 0 Å². The molecule has 1 rings (SSSR count). The Labute approximate surface area is 83.4 Å². The highest BCUT2D eigenvalue weighted by Crippen LogP contribution is 2.22. The van der Waals surface area contributed by atoms with E-state index >= 15 is 0 Å². The molecule has 0 bridgehead atoms. The zero-order valence-corrected chi connectivity index (χ0v) is 10.6. The lowest BCUT2D eigenvalue weighted by Gasteiger charge is -2.35. The van der Waals surface area contributed by atoms with E-state index in [4.69, 9.17) is 0 Å². The predicted octanol–water partition coefficient (Wildman–Crippen LogP) is 2.78. The molecule has 0 saturated heterocycles. The van der Waals surface area contributed by atoms with Gasteiger partial charge in [0.2, 0.25) is 0 Å². The highest BCUT2D eigenvalue weighted by atomic mass is 28.3. The van der Waals surface area contributed by atoms with Gasteiger partial charge in [0.15, 0.2) is 0 Å². The van der Waals surface area contributed by atoms with E-state index in [1.807, 2.05) is 0 Å². The Kier molecular flexibility index (Phi) is 2.83. The van der Waals surface area contributed by atoms with Crippen LogP contribution in [0, 0.1) is 0 Å². The van der Waals surface area contributed by atoms with Crippen molar-refractivity contribution in [1.29, 1.82) is 0 Å². The van der Waals surface area contributed by atoms with Crippen molar-refractivity contribution in [3.8, 4) is 0 Å². The first-order valence-electron chi connectivity index (χ1n) is 5.00. The lowest BCUT2D eigenvalue weighted by Crippen LogP contribution is -2.49. The van der Waals surface area contributed by atoms with Crippen LogP contribution in [0.4, 0.5) is 0 Å². The minimum absolute atomic E-state index is 0.957. The molecule has 0 unspecified atom stereocenters. The largest absolute Gasteiger partial charge is 0.303 e. The third-order valence-electron chi connectivity index (χ3n) is 2.40. The zero-order chi connectivity index (χ0) is 10.1. The first kappa shape index (κ1) is 10.7. The quantitative estimate of drug-likeness (QED) is 0.481. The van der Waals surface area contributed by atoms with E-state index in [9.17, 15) is 0 Å². The van der Waals surface area contributed by atoms with E-state index < -0.39 is 8.07 Å². The van der Waals surface area contributed by atoms with Crippen molar-refractivity contribution in [2.75, 3.05) is 20.3 Å². The van der Waals surface area contributed by atoms with Gasteiger partial charge in [0.1, 0.15) is 13.8 Å². The van der Waals surface area contributed by atoms with E-state index in [1.165, 1.54) is 6.17 Å². The number of allylic oxidation sites excluding steroid dienone is 3. The molecule has 1 nitrogen and oxygen atoms in total. The fourth-order valence-corrected chi connectivity index (χ4v) is 4.75. The highest BCUT2D eigenvalue weighted by molar-refractivity contribution is 6.76.